The van der Waals surface area contributed by atoms with Crippen LogP contribution in [0.2, 0.25) is 0 Å². The van der Waals surface area contributed by atoms with E-state index in [4.69, 9.17) is 4.74 Å². The van der Waals surface area contributed by atoms with Crippen molar-refractivity contribution in [1.29, 1.82) is 0 Å². The highest BCUT2D eigenvalue weighted by Gasteiger charge is 2.28. The maximum Gasteiger partial charge on any atom is 0.241 e. The Morgan fingerprint density at radius 2 is 1.92 bits per heavy atom. The van der Waals surface area contributed by atoms with E-state index in [0.29, 0.717) is 0 Å². The number of carbonyl (C=O) groups is 1. The summed E-state index contributed by atoms with van der Waals surface area (Å²) in [7, 11) is 1.63. The lowest BCUT2D eigenvalue weighted by Gasteiger charge is -2.38. The van der Waals surface area contributed by atoms with Crippen molar-refractivity contribution in [2.75, 3.05) is 43.5 Å². The lowest BCUT2D eigenvalue weighted by Crippen LogP contribution is -2.53. The number of carbonyl (C=O) groups excluding carboxylic acids is 1. The number of piperazine rings is 1. The van der Waals surface area contributed by atoms with Crippen molar-refractivity contribution in [2.24, 2.45) is 0 Å². The summed E-state index contributed by atoms with van der Waals surface area (Å²) in [6, 6.07) is 7.26. The Hall–Kier alpha value is -2.67. The Balaban J connectivity index is 1.57. The fourth-order valence-electron chi connectivity index (χ4n) is 3.23. The molecule has 1 aliphatic rings. The van der Waals surface area contributed by atoms with Crippen LogP contribution in [-0.4, -0.2) is 60.1 Å². The molecule has 1 atom stereocenters. The van der Waals surface area contributed by atoms with Gasteiger partial charge in [-0.1, -0.05) is 6.92 Å². The number of amides is 1. The number of rotatable bonds is 6. The molecular weight excluding hydrogens is 330 g/mol. The number of nitrogens with zero attached hydrogens (tertiary/aromatic N) is 4. The summed E-state index contributed by atoms with van der Waals surface area (Å²) in [6.45, 7) is 5.37. The third kappa shape index (κ3) is 4.29. The number of hydrogen-bond donors (Lipinski definition) is 1. The lowest BCUT2D eigenvalue weighted by atomic mass is 10.1. The van der Waals surface area contributed by atoms with Crippen LogP contribution >= 0.6 is 0 Å². The monoisotopic (exact) mass is 355 g/mol. The lowest BCUT2D eigenvalue weighted by molar-refractivity contribution is -0.121. The topological polar surface area (TPSA) is 70.6 Å². The largest absolute Gasteiger partial charge is 0.497 e. The summed E-state index contributed by atoms with van der Waals surface area (Å²) in [5, 5.41) is 3.01. The minimum Gasteiger partial charge on any atom is -0.497 e. The average molecular weight is 355 g/mol. The number of hydrogen-bond acceptors (Lipinski definition) is 6. The van der Waals surface area contributed by atoms with Gasteiger partial charge in [-0.05, 0) is 30.7 Å². The van der Waals surface area contributed by atoms with E-state index >= 15 is 0 Å². The van der Waals surface area contributed by atoms with E-state index in [1.807, 2.05) is 31.2 Å². The maximum absolute atomic E-state index is 12.7. The van der Waals surface area contributed by atoms with Gasteiger partial charge in [0.15, 0.2) is 0 Å². The van der Waals surface area contributed by atoms with Gasteiger partial charge in [0.05, 0.1) is 19.3 Å². The molecule has 2 aromatic rings. The molecule has 3 rings (SSSR count). The standard InChI is InChI=1S/C19H25N5O2/c1-3-17(19(25)22-15-4-6-16(26-2)7-5-15)23-10-12-24(13-11-23)18-14-20-8-9-21-18/h4-9,14,17H,3,10-13H2,1-2H3,(H,22,25). The van der Waals surface area contributed by atoms with Crippen LogP contribution < -0.4 is 15.0 Å². The van der Waals surface area contributed by atoms with Gasteiger partial charge in [0.1, 0.15) is 11.6 Å². The first-order valence-electron chi connectivity index (χ1n) is 8.91. The number of aromatic nitrogens is 2. The smallest absolute Gasteiger partial charge is 0.241 e. The average Bonchev–Trinajstić information content (AvgIpc) is 2.70. The number of ether oxygens (including phenoxy) is 1. The Kier molecular flexibility index (Phi) is 6.01. The molecule has 0 aliphatic carbocycles. The van der Waals surface area contributed by atoms with Gasteiger partial charge in [0.25, 0.3) is 0 Å². The van der Waals surface area contributed by atoms with Crippen molar-refractivity contribution in [3.8, 4) is 5.75 Å². The normalized spacial score (nSPS) is 16.2. The third-order valence-electron chi connectivity index (χ3n) is 4.68. The molecule has 1 amide bonds. The summed E-state index contributed by atoms with van der Waals surface area (Å²) < 4.78 is 5.15. The van der Waals surface area contributed by atoms with E-state index in [9.17, 15) is 4.79 Å². The predicted octanol–water partition coefficient (Wildman–Crippen LogP) is 2.02. The van der Waals surface area contributed by atoms with Crippen LogP contribution in [0.25, 0.3) is 0 Å². The fourth-order valence-corrected chi connectivity index (χ4v) is 3.23. The Bertz CT molecular complexity index is 700. The molecule has 0 radical (unpaired) electrons. The molecule has 0 spiro atoms. The van der Waals surface area contributed by atoms with Crippen LogP contribution in [0, 0.1) is 0 Å². The zero-order valence-corrected chi connectivity index (χ0v) is 15.3. The van der Waals surface area contributed by atoms with Gasteiger partial charge in [-0.3, -0.25) is 14.7 Å². The molecule has 1 aromatic heterocycles. The first kappa shape index (κ1) is 18.1. The second-order valence-corrected chi connectivity index (χ2v) is 6.23. The minimum atomic E-state index is -0.138. The van der Waals surface area contributed by atoms with Gasteiger partial charge < -0.3 is 15.0 Å². The van der Waals surface area contributed by atoms with Crippen LogP contribution in [0.5, 0.6) is 5.75 Å². The van der Waals surface area contributed by atoms with Crippen molar-refractivity contribution in [3.63, 3.8) is 0 Å². The van der Waals surface area contributed by atoms with Gasteiger partial charge in [0.2, 0.25) is 5.91 Å². The van der Waals surface area contributed by atoms with Gasteiger partial charge in [-0.2, -0.15) is 0 Å². The summed E-state index contributed by atoms with van der Waals surface area (Å²) in [5.41, 5.74) is 0.785. The molecule has 1 aliphatic heterocycles. The zero-order valence-electron chi connectivity index (χ0n) is 15.3. The second-order valence-electron chi connectivity index (χ2n) is 6.23. The fraction of sp³-hybridized carbons (Fsp3) is 0.421. The van der Waals surface area contributed by atoms with Gasteiger partial charge in [-0.15, -0.1) is 0 Å². The molecule has 1 fully saturated rings. The molecule has 1 aromatic carbocycles. The Labute approximate surface area is 154 Å². The molecule has 1 unspecified atom stereocenters. The highest BCUT2D eigenvalue weighted by molar-refractivity contribution is 5.94. The number of methoxy groups -OCH3 is 1. The van der Waals surface area contributed by atoms with E-state index in [-0.39, 0.29) is 11.9 Å². The van der Waals surface area contributed by atoms with Crippen LogP contribution in [0.1, 0.15) is 13.3 Å². The van der Waals surface area contributed by atoms with Gasteiger partial charge >= 0.3 is 0 Å². The first-order chi connectivity index (χ1) is 12.7. The number of nitrogens with one attached hydrogen (secondary N) is 1. The summed E-state index contributed by atoms with van der Waals surface area (Å²) in [5.74, 6) is 1.70. The zero-order chi connectivity index (χ0) is 18.4. The Morgan fingerprint density at radius 1 is 1.19 bits per heavy atom. The first-order valence-corrected chi connectivity index (χ1v) is 8.91. The third-order valence-corrected chi connectivity index (χ3v) is 4.68. The molecule has 7 nitrogen and oxygen atoms in total. The highest BCUT2D eigenvalue weighted by Crippen LogP contribution is 2.18. The van der Waals surface area contributed by atoms with E-state index in [2.05, 4.69) is 25.1 Å². The summed E-state index contributed by atoms with van der Waals surface area (Å²) in [4.78, 5) is 25.7. The van der Waals surface area contributed by atoms with Crippen molar-refractivity contribution in [2.45, 2.75) is 19.4 Å². The molecule has 26 heavy (non-hydrogen) atoms. The predicted molar refractivity (Wildman–Crippen MR) is 102 cm³/mol. The molecule has 1 saturated heterocycles. The van der Waals surface area contributed by atoms with Crippen molar-refractivity contribution in [1.82, 2.24) is 14.9 Å². The van der Waals surface area contributed by atoms with Crippen molar-refractivity contribution >= 4 is 17.4 Å². The molecule has 1 N–H and O–H groups in total. The van der Waals surface area contributed by atoms with E-state index in [1.54, 1.807) is 25.7 Å². The molecule has 7 heteroatoms. The summed E-state index contributed by atoms with van der Waals surface area (Å²) in [6.07, 6.45) is 5.94. The van der Waals surface area contributed by atoms with E-state index in [0.717, 1.165) is 49.9 Å². The highest BCUT2D eigenvalue weighted by atomic mass is 16.5. The van der Waals surface area contributed by atoms with E-state index in [1.165, 1.54) is 0 Å². The number of benzene rings is 1. The SMILES string of the molecule is CCC(C(=O)Nc1ccc(OC)cc1)N1CCN(c2cnccn2)CC1. The van der Waals surface area contributed by atoms with Crippen LogP contribution in [0.3, 0.4) is 0 Å². The Morgan fingerprint density at radius 3 is 2.50 bits per heavy atom. The molecular formula is C19H25N5O2. The number of anilines is 2. The minimum absolute atomic E-state index is 0.0330. The second kappa shape index (κ2) is 8.62. The van der Waals surface area contributed by atoms with Crippen molar-refractivity contribution < 1.29 is 9.53 Å². The quantitative estimate of drug-likeness (QED) is 0.855. The van der Waals surface area contributed by atoms with Gasteiger partial charge in [0, 0.05) is 44.3 Å². The molecule has 2 heterocycles. The summed E-state index contributed by atoms with van der Waals surface area (Å²) >= 11 is 0. The maximum atomic E-state index is 12.7. The molecule has 0 bridgehead atoms. The van der Waals surface area contributed by atoms with Crippen LogP contribution in [0.15, 0.2) is 42.9 Å². The van der Waals surface area contributed by atoms with Crippen LogP contribution in [0.4, 0.5) is 11.5 Å². The molecule has 0 saturated carbocycles. The van der Waals surface area contributed by atoms with Crippen LogP contribution in [-0.2, 0) is 4.79 Å². The van der Waals surface area contributed by atoms with E-state index < -0.39 is 0 Å². The van der Waals surface area contributed by atoms with Gasteiger partial charge in [-0.25, -0.2) is 4.98 Å². The molecule has 138 valence electrons. The van der Waals surface area contributed by atoms with Crippen molar-refractivity contribution in [3.05, 3.63) is 42.9 Å².